The molecule has 1 aliphatic carbocycles. The van der Waals surface area contributed by atoms with E-state index < -0.39 is 49.1 Å². The summed E-state index contributed by atoms with van der Waals surface area (Å²) >= 11 is 0. The van der Waals surface area contributed by atoms with Crippen LogP contribution in [-0.2, 0) is 6.54 Å². The number of ketones is 2. The van der Waals surface area contributed by atoms with Gasteiger partial charge in [-0.2, -0.15) is 0 Å². The van der Waals surface area contributed by atoms with Crippen LogP contribution in [0.3, 0.4) is 0 Å². The number of aliphatic hydroxyl groups excluding tert-OH is 5. The molecule has 138 valence electrons. The first-order valence-corrected chi connectivity index (χ1v) is 7.81. The smallest absolute Gasteiger partial charge is 0.216 e. The lowest BCUT2D eigenvalue weighted by Gasteiger charge is -2.25. The van der Waals surface area contributed by atoms with Crippen molar-refractivity contribution in [3.05, 3.63) is 46.8 Å². The Morgan fingerprint density at radius 1 is 0.923 bits per heavy atom. The molecule has 0 fully saturated rings. The molecule has 4 atom stereocenters. The highest BCUT2D eigenvalue weighted by Gasteiger charge is 2.37. The molecule has 0 saturated carbocycles. The molecule has 10 heteroatoms. The Bertz CT molecular complexity index is 850. The highest BCUT2D eigenvalue weighted by atomic mass is 16.4. The quantitative estimate of drug-likeness (QED) is 0.318. The number of aliphatic hydroxyl groups is 5. The molecule has 0 radical (unpaired) electrons. The first kappa shape index (κ1) is 18.3. The van der Waals surface area contributed by atoms with Gasteiger partial charge < -0.3 is 25.5 Å². The summed E-state index contributed by atoms with van der Waals surface area (Å²) in [6, 6.07) is 6.22. The first-order valence-electron chi connectivity index (χ1n) is 7.81. The minimum atomic E-state index is -1.82. The monoisotopic (exact) mass is 363 g/mol. The second-order valence-electron chi connectivity index (χ2n) is 5.97. The van der Waals surface area contributed by atoms with Gasteiger partial charge in [0, 0.05) is 11.1 Å². The third-order valence-corrected chi connectivity index (χ3v) is 4.27. The van der Waals surface area contributed by atoms with Crippen LogP contribution in [0.1, 0.15) is 32.1 Å². The van der Waals surface area contributed by atoms with Gasteiger partial charge in [0.15, 0.2) is 5.69 Å². The van der Waals surface area contributed by atoms with E-state index in [0.717, 1.165) is 4.68 Å². The number of benzene rings is 1. The van der Waals surface area contributed by atoms with Crippen LogP contribution in [0.5, 0.6) is 0 Å². The lowest BCUT2D eigenvalue weighted by molar-refractivity contribution is -0.118. The van der Waals surface area contributed by atoms with Crippen molar-refractivity contribution in [2.24, 2.45) is 0 Å². The van der Waals surface area contributed by atoms with Gasteiger partial charge in [0.25, 0.3) is 0 Å². The number of carbonyl (C=O) groups excluding carboxylic acids is 2. The van der Waals surface area contributed by atoms with Gasteiger partial charge in [0.05, 0.1) is 13.2 Å². The second kappa shape index (κ2) is 7.02. The normalized spacial score (nSPS) is 18.0. The number of rotatable bonds is 6. The van der Waals surface area contributed by atoms with Crippen molar-refractivity contribution in [1.29, 1.82) is 0 Å². The van der Waals surface area contributed by atoms with E-state index in [2.05, 4.69) is 10.3 Å². The minimum Gasteiger partial charge on any atom is -0.394 e. The Kier molecular flexibility index (Phi) is 4.94. The molecule has 0 spiro atoms. The van der Waals surface area contributed by atoms with Crippen LogP contribution in [0.15, 0.2) is 24.3 Å². The Balaban J connectivity index is 1.87. The van der Waals surface area contributed by atoms with Crippen molar-refractivity contribution >= 4 is 11.6 Å². The van der Waals surface area contributed by atoms with Gasteiger partial charge in [0.1, 0.15) is 30.1 Å². The van der Waals surface area contributed by atoms with E-state index in [9.17, 15) is 30.0 Å². The van der Waals surface area contributed by atoms with Crippen molar-refractivity contribution in [2.75, 3.05) is 6.61 Å². The summed E-state index contributed by atoms with van der Waals surface area (Å²) in [6.07, 6.45) is -6.93. The zero-order valence-corrected chi connectivity index (χ0v) is 13.4. The van der Waals surface area contributed by atoms with Crippen molar-refractivity contribution in [1.82, 2.24) is 15.0 Å². The second-order valence-corrected chi connectivity index (χ2v) is 5.97. The van der Waals surface area contributed by atoms with E-state index in [-0.39, 0.29) is 22.5 Å². The van der Waals surface area contributed by atoms with Gasteiger partial charge in [-0.15, -0.1) is 5.10 Å². The SMILES string of the molecule is O=C1c2ccccc2C(=O)c2c1nnn2C[C@@H](O)[C@@H](O)[C@H](O)[C@H](O)CO. The van der Waals surface area contributed by atoms with Gasteiger partial charge in [-0.25, -0.2) is 4.68 Å². The summed E-state index contributed by atoms with van der Waals surface area (Å²) in [7, 11) is 0. The van der Waals surface area contributed by atoms with Crippen molar-refractivity contribution in [3.63, 3.8) is 0 Å². The van der Waals surface area contributed by atoms with Crippen molar-refractivity contribution in [3.8, 4) is 0 Å². The van der Waals surface area contributed by atoms with E-state index >= 15 is 0 Å². The Hall–Kier alpha value is -2.50. The molecular formula is C16H17N3O7. The highest BCUT2D eigenvalue weighted by molar-refractivity contribution is 6.26. The van der Waals surface area contributed by atoms with Crippen LogP contribution in [-0.4, -0.2) is 83.1 Å². The molecular weight excluding hydrogens is 346 g/mol. The van der Waals surface area contributed by atoms with Crippen LogP contribution in [0, 0.1) is 0 Å². The fourth-order valence-corrected chi connectivity index (χ4v) is 2.80. The molecule has 0 bridgehead atoms. The molecule has 0 saturated heterocycles. The lowest BCUT2D eigenvalue weighted by Crippen LogP contribution is -2.47. The summed E-state index contributed by atoms with van der Waals surface area (Å²) in [4.78, 5) is 25.1. The summed E-state index contributed by atoms with van der Waals surface area (Å²) in [5.74, 6) is -0.981. The molecule has 0 aliphatic heterocycles. The maximum absolute atomic E-state index is 12.7. The van der Waals surface area contributed by atoms with E-state index in [1.807, 2.05) is 0 Å². The van der Waals surface area contributed by atoms with Gasteiger partial charge in [-0.3, -0.25) is 9.59 Å². The molecule has 5 N–H and O–H groups in total. The lowest BCUT2D eigenvalue weighted by atomic mass is 9.90. The average Bonchev–Trinajstić information content (AvgIpc) is 3.08. The van der Waals surface area contributed by atoms with Crippen LogP contribution < -0.4 is 0 Å². The molecule has 3 rings (SSSR count). The zero-order valence-electron chi connectivity index (χ0n) is 13.4. The summed E-state index contributed by atoms with van der Waals surface area (Å²) in [5, 5.41) is 55.1. The zero-order chi connectivity index (χ0) is 19.0. The largest absolute Gasteiger partial charge is 0.394 e. The molecule has 1 heterocycles. The van der Waals surface area contributed by atoms with Gasteiger partial charge in [0.2, 0.25) is 11.6 Å². The van der Waals surface area contributed by atoms with Crippen molar-refractivity contribution in [2.45, 2.75) is 31.0 Å². The standard InChI is InChI=1S/C16H17N3O7/c20-6-10(22)16(26)15(25)9(21)5-19-12-11(17-18-19)13(23)7-3-1-2-4-8(7)14(12)24/h1-4,9-10,15-16,20-22,25-26H,5-6H2/t9-,10-,15-,16-/m1/s1. The molecule has 1 aromatic carbocycles. The molecule has 10 nitrogen and oxygen atoms in total. The fourth-order valence-electron chi connectivity index (χ4n) is 2.80. The highest BCUT2D eigenvalue weighted by Crippen LogP contribution is 2.25. The molecule has 1 aromatic heterocycles. The van der Waals surface area contributed by atoms with Gasteiger partial charge >= 0.3 is 0 Å². The minimum absolute atomic E-state index is 0.128. The molecule has 1 aliphatic rings. The first-order chi connectivity index (χ1) is 12.4. The Morgan fingerprint density at radius 3 is 2.12 bits per heavy atom. The Morgan fingerprint density at radius 2 is 1.50 bits per heavy atom. The van der Waals surface area contributed by atoms with Gasteiger partial charge in [-0.05, 0) is 0 Å². The van der Waals surface area contributed by atoms with Crippen molar-refractivity contribution < 1.29 is 35.1 Å². The van der Waals surface area contributed by atoms with Crippen LogP contribution in [0.2, 0.25) is 0 Å². The maximum Gasteiger partial charge on any atom is 0.216 e. The fraction of sp³-hybridized carbons (Fsp3) is 0.375. The number of carbonyl (C=O) groups is 2. The van der Waals surface area contributed by atoms with E-state index in [0.29, 0.717) is 0 Å². The molecule has 2 aromatic rings. The topological polar surface area (TPSA) is 166 Å². The van der Waals surface area contributed by atoms with E-state index in [1.165, 1.54) is 12.1 Å². The van der Waals surface area contributed by atoms with Crippen LogP contribution >= 0.6 is 0 Å². The molecule has 0 amide bonds. The van der Waals surface area contributed by atoms with E-state index in [1.54, 1.807) is 12.1 Å². The molecule has 26 heavy (non-hydrogen) atoms. The number of hydrogen-bond donors (Lipinski definition) is 5. The summed E-state index contributed by atoms with van der Waals surface area (Å²) in [5.41, 5.74) is 0.0990. The van der Waals surface area contributed by atoms with Crippen LogP contribution in [0.25, 0.3) is 0 Å². The van der Waals surface area contributed by atoms with E-state index in [4.69, 9.17) is 5.11 Å². The predicted octanol–water partition coefficient (Wildman–Crippen LogP) is -2.51. The molecule has 0 unspecified atom stereocenters. The summed E-state index contributed by atoms with van der Waals surface area (Å²) in [6.45, 7) is -1.27. The number of hydrogen-bond acceptors (Lipinski definition) is 9. The summed E-state index contributed by atoms with van der Waals surface area (Å²) < 4.78 is 0.970. The third kappa shape index (κ3) is 2.93. The third-order valence-electron chi connectivity index (χ3n) is 4.27. The number of aromatic nitrogens is 3. The van der Waals surface area contributed by atoms with Crippen LogP contribution in [0.4, 0.5) is 0 Å². The average molecular weight is 363 g/mol. The Labute approximate surface area is 146 Å². The van der Waals surface area contributed by atoms with Gasteiger partial charge in [-0.1, -0.05) is 29.5 Å². The number of nitrogens with zero attached hydrogens (tertiary/aromatic N) is 3. The predicted molar refractivity (Wildman–Crippen MR) is 84.4 cm³/mol. The number of fused-ring (bicyclic) bond motifs is 2. The maximum atomic E-state index is 12.7.